The Kier molecular flexibility index (Phi) is 4.22. The smallest absolute Gasteiger partial charge is 0.135 e. The SMILES string of the molecule is CCCc1nc(N)c(C)c(NCc2cccnn2)n1. The largest absolute Gasteiger partial charge is 0.383 e. The summed E-state index contributed by atoms with van der Waals surface area (Å²) in [5.74, 6) is 2.06. The molecule has 0 bridgehead atoms. The highest BCUT2D eigenvalue weighted by atomic mass is 15.1. The van der Waals surface area contributed by atoms with Gasteiger partial charge >= 0.3 is 0 Å². The molecule has 19 heavy (non-hydrogen) atoms. The van der Waals surface area contributed by atoms with Crippen LogP contribution in [0.5, 0.6) is 0 Å². The van der Waals surface area contributed by atoms with Crippen LogP contribution in [0.4, 0.5) is 11.6 Å². The first-order chi connectivity index (χ1) is 9.20. The molecule has 3 N–H and O–H groups in total. The van der Waals surface area contributed by atoms with Crippen LogP contribution in [0.25, 0.3) is 0 Å². The summed E-state index contributed by atoms with van der Waals surface area (Å²) >= 11 is 0. The summed E-state index contributed by atoms with van der Waals surface area (Å²) in [4.78, 5) is 8.76. The molecule has 0 aromatic carbocycles. The molecule has 6 nitrogen and oxygen atoms in total. The second kappa shape index (κ2) is 6.08. The van der Waals surface area contributed by atoms with E-state index >= 15 is 0 Å². The molecule has 2 aromatic heterocycles. The number of rotatable bonds is 5. The Bertz CT molecular complexity index is 540. The van der Waals surface area contributed by atoms with Gasteiger partial charge in [0.2, 0.25) is 0 Å². The summed E-state index contributed by atoms with van der Waals surface area (Å²) in [6.45, 7) is 4.56. The van der Waals surface area contributed by atoms with Crippen LogP contribution < -0.4 is 11.1 Å². The molecule has 0 aliphatic carbocycles. The lowest BCUT2D eigenvalue weighted by atomic mass is 10.2. The summed E-state index contributed by atoms with van der Waals surface area (Å²) in [6, 6.07) is 3.76. The number of nitrogens with zero attached hydrogens (tertiary/aromatic N) is 4. The van der Waals surface area contributed by atoms with E-state index in [0.717, 1.165) is 35.7 Å². The fourth-order valence-electron chi connectivity index (χ4n) is 1.69. The van der Waals surface area contributed by atoms with E-state index in [1.807, 2.05) is 19.1 Å². The van der Waals surface area contributed by atoms with Crippen LogP contribution >= 0.6 is 0 Å². The Balaban J connectivity index is 2.15. The number of hydrogen-bond acceptors (Lipinski definition) is 6. The average Bonchev–Trinajstić information content (AvgIpc) is 2.42. The van der Waals surface area contributed by atoms with Gasteiger partial charge in [0.25, 0.3) is 0 Å². The maximum atomic E-state index is 5.90. The average molecular weight is 258 g/mol. The number of nitrogen functional groups attached to an aromatic ring is 1. The van der Waals surface area contributed by atoms with Crippen LogP contribution in [0, 0.1) is 6.92 Å². The van der Waals surface area contributed by atoms with Crippen molar-refractivity contribution in [3.63, 3.8) is 0 Å². The van der Waals surface area contributed by atoms with Crippen molar-refractivity contribution in [2.75, 3.05) is 11.1 Å². The van der Waals surface area contributed by atoms with Gasteiger partial charge in [-0.3, -0.25) is 0 Å². The Labute approximate surface area is 112 Å². The molecule has 0 unspecified atom stereocenters. The predicted molar refractivity (Wildman–Crippen MR) is 74.5 cm³/mol. The third-order valence-electron chi connectivity index (χ3n) is 2.77. The minimum Gasteiger partial charge on any atom is -0.383 e. The summed E-state index contributed by atoms with van der Waals surface area (Å²) in [7, 11) is 0. The normalized spacial score (nSPS) is 10.4. The number of hydrogen-bond donors (Lipinski definition) is 2. The van der Waals surface area contributed by atoms with Gasteiger partial charge in [0.1, 0.15) is 17.5 Å². The second-order valence-corrected chi connectivity index (χ2v) is 4.32. The number of nitrogens with two attached hydrogens (primary N) is 1. The van der Waals surface area contributed by atoms with Crippen molar-refractivity contribution in [3.05, 3.63) is 35.4 Å². The van der Waals surface area contributed by atoms with Crippen LogP contribution in [-0.2, 0) is 13.0 Å². The molecule has 0 aliphatic rings. The van der Waals surface area contributed by atoms with Crippen LogP contribution in [0.2, 0.25) is 0 Å². The maximum Gasteiger partial charge on any atom is 0.135 e. The van der Waals surface area contributed by atoms with E-state index < -0.39 is 0 Å². The van der Waals surface area contributed by atoms with Crippen molar-refractivity contribution >= 4 is 11.6 Å². The summed E-state index contributed by atoms with van der Waals surface area (Å²) in [5, 5.41) is 11.1. The molecule has 2 aromatic rings. The van der Waals surface area contributed by atoms with E-state index in [-0.39, 0.29) is 0 Å². The first-order valence-corrected chi connectivity index (χ1v) is 6.34. The third kappa shape index (κ3) is 3.37. The van der Waals surface area contributed by atoms with Gasteiger partial charge in [-0.05, 0) is 25.5 Å². The van der Waals surface area contributed by atoms with Gasteiger partial charge in [-0.25, -0.2) is 9.97 Å². The molecule has 2 heterocycles. The Morgan fingerprint density at radius 3 is 2.84 bits per heavy atom. The molecule has 2 rings (SSSR count). The Hall–Kier alpha value is -2.24. The number of aryl methyl sites for hydroxylation is 1. The fraction of sp³-hybridized carbons (Fsp3) is 0.385. The van der Waals surface area contributed by atoms with Crippen LogP contribution in [-0.4, -0.2) is 20.2 Å². The van der Waals surface area contributed by atoms with Gasteiger partial charge in [0, 0.05) is 18.2 Å². The molecule has 0 saturated carbocycles. The molecule has 0 radical (unpaired) electrons. The van der Waals surface area contributed by atoms with E-state index in [9.17, 15) is 0 Å². The van der Waals surface area contributed by atoms with Crippen molar-refractivity contribution in [2.45, 2.75) is 33.2 Å². The van der Waals surface area contributed by atoms with E-state index in [1.54, 1.807) is 6.20 Å². The first-order valence-electron chi connectivity index (χ1n) is 6.34. The minimum atomic E-state index is 0.528. The van der Waals surface area contributed by atoms with Crippen molar-refractivity contribution < 1.29 is 0 Å². The second-order valence-electron chi connectivity index (χ2n) is 4.32. The van der Waals surface area contributed by atoms with Crippen LogP contribution in [0.3, 0.4) is 0 Å². The van der Waals surface area contributed by atoms with Gasteiger partial charge in [0.15, 0.2) is 0 Å². The highest BCUT2D eigenvalue weighted by molar-refractivity contribution is 5.54. The van der Waals surface area contributed by atoms with E-state index in [0.29, 0.717) is 12.4 Å². The molecular weight excluding hydrogens is 240 g/mol. The summed E-state index contributed by atoms with van der Waals surface area (Å²) < 4.78 is 0. The van der Waals surface area contributed by atoms with Gasteiger partial charge in [-0.15, -0.1) is 0 Å². The lowest BCUT2D eigenvalue weighted by Gasteiger charge is -2.11. The van der Waals surface area contributed by atoms with Crippen molar-refractivity contribution in [2.24, 2.45) is 0 Å². The lowest BCUT2D eigenvalue weighted by molar-refractivity contribution is 0.830. The zero-order valence-electron chi connectivity index (χ0n) is 11.2. The van der Waals surface area contributed by atoms with Crippen molar-refractivity contribution in [1.82, 2.24) is 20.2 Å². The van der Waals surface area contributed by atoms with E-state index in [2.05, 4.69) is 32.4 Å². The Morgan fingerprint density at radius 1 is 1.32 bits per heavy atom. The zero-order valence-corrected chi connectivity index (χ0v) is 11.2. The molecule has 0 aliphatic heterocycles. The molecule has 0 atom stereocenters. The summed E-state index contributed by atoms with van der Waals surface area (Å²) in [5.41, 5.74) is 7.62. The van der Waals surface area contributed by atoms with Gasteiger partial charge in [-0.1, -0.05) is 6.92 Å². The van der Waals surface area contributed by atoms with Crippen LogP contribution in [0.15, 0.2) is 18.3 Å². The van der Waals surface area contributed by atoms with E-state index in [1.165, 1.54) is 0 Å². The molecule has 0 amide bonds. The molecule has 0 spiro atoms. The molecule has 6 heteroatoms. The highest BCUT2D eigenvalue weighted by Gasteiger charge is 2.08. The van der Waals surface area contributed by atoms with Crippen molar-refractivity contribution in [1.29, 1.82) is 0 Å². The topological polar surface area (TPSA) is 89.6 Å². The van der Waals surface area contributed by atoms with Crippen LogP contribution in [0.1, 0.15) is 30.4 Å². The molecule has 100 valence electrons. The molecule has 0 saturated heterocycles. The zero-order chi connectivity index (χ0) is 13.7. The first kappa shape index (κ1) is 13.2. The maximum absolute atomic E-state index is 5.90. The fourth-order valence-corrected chi connectivity index (χ4v) is 1.69. The Morgan fingerprint density at radius 2 is 2.16 bits per heavy atom. The van der Waals surface area contributed by atoms with E-state index in [4.69, 9.17) is 5.73 Å². The standard InChI is InChI=1S/C13H18N6/c1-3-5-11-17-12(14)9(2)13(18-11)15-8-10-6-4-7-16-19-10/h4,6-7H,3,5,8H2,1-2H3,(H3,14,15,17,18). The quantitative estimate of drug-likeness (QED) is 0.848. The molecule has 0 fully saturated rings. The number of aromatic nitrogens is 4. The van der Waals surface area contributed by atoms with Gasteiger partial charge in [-0.2, -0.15) is 10.2 Å². The third-order valence-corrected chi connectivity index (χ3v) is 2.77. The monoisotopic (exact) mass is 258 g/mol. The number of nitrogens with one attached hydrogen (secondary N) is 1. The summed E-state index contributed by atoms with van der Waals surface area (Å²) in [6.07, 6.45) is 3.47. The van der Waals surface area contributed by atoms with Gasteiger partial charge < -0.3 is 11.1 Å². The molecular formula is C13H18N6. The minimum absolute atomic E-state index is 0.528. The number of anilines is 2. The van der Waals surface area contributed by atoms with Gasteiger partial charge in [0.05, 0.1) is 12.2 Å². The highest BCUT2D eigenvalue weighted by Crippen LogP contribution is 2.18. The predicted octanol–water partition coefficient (Wildman–Crippen LogP) is 1.72. The lowest BCUT2D eigenvalue weighted by Crippen LogP contribution is -2.10. The van der Waals surface area contributed by atoms with Crippen molar-refractivity contribution in [3.8, 4) is 0 Å².